The third-order valence-electron chi connectivity index (χ3n) is 3.13. The molecule has 20 heavy (non-hydrogen) atoms. The maximum absolute atomic E-state index is 13.3. The molecule has 0 aliphatic carbocycles. The molecule has 0 amide bonds. The first-order valence-electron chi connectivity index (χ1n) is 5.91. The van der Waals surface area contributed by atoms with Crippen LogP contribution in [0, 0.1) is 0 Å². The molecule has 0 aliphatic heterocycles. The minimum Gasteiger partial charge on any atom is -0.350 e. The highest BCUT2D eigenvalue weighted by atomic mass is 79.9. The lowest BCUT2D eigenvalue weighted by Crippen LogP contribution is -2.07. The quantitative estimate of drug-likeness (QED) is 0.592. The minimum absolute atomic E-state index is 0.181. The van der Waals surface area contributed by atoms with E-state index >= 15 is 0 Å². The lowest BCUT2D eigenvalue weighted by Gasteiger charge is -2.10. The van der Waals surface area contributed by atoms with Crippen molar-refractivity contribution in [1.82, 2.24) is 4.98 Å². The summed E-state index contributed by atoms with van der Waals surface area (Å²) in [6, 6.07) is 13.7. The third-order valence-corrected chi connectivity index (χ3v) is 3.82. The summed E-state index contributed by atoms with van der Waals surface area (Å²) in [6.45, 7) is 0. The van der Waals surface area contributed by atoms with E-state index in [0.717, 1.165) is 0 Å². The molecule has 1 aromatic heterocycles. The second kappa shape index (κ2) is 4.66. The van der Waals surface area contributed by atoms with Crippen molar-refractivity contribution in [2.24, 2.45) is 0 Å². The Bertz CT molecular complexity index is 774. The van der Waals surface area contributed by atoms with Crippen molar-refractivity contribution in [3.8, 4) is 11.1 Å². The van der Waals surface area contributed by atoms with Gasteiger partial charge in [-0.1, -0.05) is 52.3 Å². The Balaban J connectivity index is 2.41. The van der Waals surface area contributed by atoms with E-state index in [2.05, 4.69) is 20.9 Å². The number of alkyl halides is 3. The van der Waals surface area contributed by atoms with Crippen LogP contribution in [0.3, 0.4) is 0 Å². The van der Waals surface area contributed by atoms with E-state index in [1.807, 2.05) is 0 Å². The van der Waals surface area contributed by atoms with Crippen molar-refractivity contribution in [3.63, 3.8) is 0 Å². The number of nitrogens with one attached hydrogen (secondary N) is 1. The van der Waals surface area contributed by atoms with Gasteiger partial charge in [-0.15, -0.1) is 0 Å². The third kappa shape index (κ3) is 2.12. The fraction of sp³-hybridized carbons (Fsp3) is 0.0667. The van der Waals surface area contributed by atoms with Gasteiger partial charge in [0.05, 0.1) is 0 Å². The molecule has 5 heteroatoms. The van der Waals surface area contributed by atoms with Crippen molar-refractivity contribution in [2.75, 3.05) is 0 Å². The molecule has 3 rings (SSSR count). The second-order valence-corrected chi connectivity index (χ2v) is 5.25. The van der Waals surface area contributed by atoms with Crippen molar-refractivity contribution in [3.05, 3.63) is 58.7 Å². The van der Waals surface area contributed by atoms with Gasteiger partial charge in [-0.05, 0) is 17.7 Å². The van der Waals surface area contributed by atoms with Gasteiger partial charge in [0.1, 0.15) is 5.69 Å². The van der Waals surface area contributed by atoms with Gasteiger partial charge in [-0.2, -0.15) is 13.2 Å². The lowest BCUT2D eigenvalue weighted by atomic mass is 10.0. The topological polar surface area (TPSA) is 15.8 Å². The Labute approximate surface area is 121 Å². The molecule has 0 saturated carbocycles. The summed E-state index contributed by atoms with van der Waals surface area (Å²) < 4.78 is 40.4. The van der Waals surface area contributed by atoms with Crippen LogP contribution < -0.4 is 0 Å². The van der Waals surface area contributed by atoms with E-state index in [1.165, 1.54) is 0 Å². The van der Waals surface area contributed by atoms with Crippen molar-refractivity contribution in [2.45, 2.75) is 6.18 Å². The van der Waals surface area contributed by atoms with Crippen LogP contribution >= 0.6 is 15.9 Å². The lowest BCUT2D eigenvalue weighted by molar-refractivity contribution is -0.140. The van der Waals surface area contributed by atoms with Crippen LogP contribution in [0.15, 0.2) is 53.0 Å². The Kier molecular flexibility index (Phi) is 3.09. The van der Waals surface area contributed by atoms with E-state index in [-0.39, 0.29) is 5.56 Å². The second-order valence-electron chi connectivity index (χ2n) is 4.40. The van der Waals surface area contributed by atoms with Gasteiger partial charge in [-0.25, -0.2) is 0 Å². The highest BCUT2D eigenvalue weighted by Crippen LogP contribution is 2.43. The number of hydrogen-bond acceptors (Lipinski definition) is 0. The molecule has 0 saturated heterocycles. The van der Waals surface area contributed by atoms with Gasteiger partial charge in [-0.3, -0.25) is 0 Å². The zero-order valence-electron chi connectivity index (χ0n) is 10.1. The molecule has 102 valence electrons. The summed E-state index contributed by atoms with van der Waals surface area (Å²) in [4.78, 5) is 2.48. The Morgan fingerprint density at radius 1 is 0.900 bits per heavy atom. The van der Waals surface area contributed by atoms with Gasteiger partial charge in [0.15, 0.2) is 0 Å². The average molecular weight is 340 g/mol. The van der Waals surface area contributed by atoms with Crippen molar-refractivity contribution < 1.29 is 13.2 Å². The fourth-order valence-electron chi connectivity index (χ4n) is 2.30. The molecule has 0 radical (unpaired) electrons. The molecular weight excluding hydrogens is 331 g/mol. The number of H-pyrrole nitrogens is 1. The molecule has 0 atom stereocenters. The first kappa shape index (κ1) is 13.2. The molecule has 1 nitrogen and oxygen atoms in total. The van der Waals surface area contributed by atoms with Crippen LogP contribution in [-0.4, -0.2) is 4.98 Å². The fourth-order valence-corrected chi connectivity index (χ4v) is 2.78. The number of aromatic amines is 1. The summed E-state index contributed by atoms with van der Waals surface area (Å²) in [5.41, 5.74) is 0.467. The zero-order chi connectivity index (χ0) is 14.3. The number of fused-ring (bicyclic) bond motifs is 1. The molecule has 0 aliphatic rings. The minimum atomic E-state index is -4.43. The van der Waals surface area contributed by atoms with E-state index in [9.17, 15) is 13.2 Å². The summed E-state index contributed by atoms with van der Waals surface area (Å²) >= 11 is 3.32. The van der Waals surface area contributed by atoms with Crippen LogP contribution in [0.5, 0.6) is 0 Å². The maximum Gasteiger partial charge on any atom is 0.431 e. The smallest absolute Gasteiger partial charge is 0.350 e. The number of para-hydroxylation sites is 1. The molecule has 0 spiro atoms. The number of aromatic nitrogens is 1. The molecular formula is C15H9BrF3N. The predicted molar refractivity (Wildman–Crippen MR) is 76.4 cm³/mol. The molecule has 1 heterocycles. The number of hydrogen-bond donors (Lipinski definition) is 1. The average Bonchev–Trinajstić information content (AvgIpc) is 2.79. The SMILES string of the molecule is FC(F)(F)c1[nH]c2ccccc2c1-c1ccccc1Br. The molecule has 0 bridgehead atoms. The molecule has 0 unspecified atom stereocenters. The highest BCUT2D eigenvalue weighted by molar-refractivity contribution is 9.10. The summed E-state index contributed by atoms with van der Waals surface area (Å²) in [7, 11) is 0. The van der Waals surface area contributed by atoms with Crippen LogP contribution in [0.25, 0.3) is 22.0 Å². The number of rotatable bonds is 1. The van der Waals surface area contributed by atoms with E-state index in [4.69, 9.17) is 0 Å². The van der Waals surface area contributed by atoms with Crippen LogP contribution in [0.2, 0.25) is 0 Å². The Morgan fingerprint density at radius 2 is 1.55 bits per heavy atom. The Morgan fingerprint density at radius 3 is 2.25 bits per heavy atom. The van der Waals surface area contributed by atoms with Crippen LogP contribution in [0.1, 0.15) is 5.69 Å². The first-order valence-corrected chi connectivity index (χ1v) is 6.70. The summed E-state index contributed by atoms with van der Waals surface area (Å²) in [5.74, 6) is 0. The molecule has 2 aromatic carbocycles. The van der Waals surface area contributed by atoms with Gasteiger partial charge in [0, 0.05) is 20.9 Å². The van der Waals surface area contributed by atoms with E-state index in [1.54, 1.807) is 48.5 Å². The molecule has 3 aromatic rings. The largest absolute Gasteiger partial charge is 0.431 e. The molecule has 1 N–H and O–H groups in total. The van der Waals surface area contributed by atoms with Gasteiger partial charge in [0.2, 0.25) is 0 Å². The molecule has 0 fully saturated rings. The Hall–Kier alpha value is -1.75. The van der Waals surface area contributed by atoms with Crippen LogP contribution in [-0.2, 0) is 6.18 Å². The highest BCUT2D eigenvalue weighted by Gasteiger charge is 2.37. The summed E-state index contributed by atoms with van der Waals surface area (Å²) in [6.07, 6.45) is -4.43. The van der Waals surface area contributed by atoms with Crippen LogP contribution in [0.4, 0.5) is 13.2 Å². The maximum atomic E-state index is 13.3. The number of benzene rings is 2. The predicted octanol–water partition coefficient (Wildman–Crippen LogP) is 5.62. The van der Waals surface area contributed by atoms with E-state index < -0.39 is 11.9 Å². The van der Waals surface area contributed by atoms with Crippen molar-refractivity contribution >= 4 is 26.8 Å². The monoisotopic (exact) mass is 339 g/mol. The van der Waals surface area contributed by atoms with E-state index in [0.29, 0.717) is 20.9 Å². The standard InChI is InChI=1S/C15H9BrF3N/c16-11-7-3-1-5-9(11)13-10-6-2-4-8-12(10)20-14(13)15(17,18)19/h1-8,20H. The van der Waals surface area contributed by atoms with Gasteiger partial charge < -0.3 is 4.98 Å². The van der Waals surface area contributed by atoms with Crippen molar-refractivity contribution in [1.29, 1.82) is 0 Å². The van der Waals surface area contributed by atoms with Gasteiger partial charge in [0.25, 0.3) is 0 Å². The normalized spacial score (nSPS) is 12.0. The number of halogens is 4. The zero-order valence-corrected chi connectivity index (χ0v) is 11.7. The first-order chi connectivity index (χ1) is 9.48. The summed E-state index contributed by atoms with van der Waals surface area (Å²) in [5, 5.41) is 0.562. The van der Waals surface area contributed by atoms with Gasteiger partial charge >= 0.3 is 6.18 Å².